The second-order valence-electron chi connectivity index (χ2n) is 5.82. The quantitative estimate of drug-likeness (QED) is 0.652. The molecular weight excluding hydrogens is 340 g/mol. The highest BCUT2D eigenvalue weighted by molar-refractivity contribution is 8.00. The van der Waals surface area contributed by atoms with Crippen molar-refractivity contribution < 1.29 is 9.21 Å². The van der Waals surface area contributed by atoms with E-state index in [9.17, 15) is 4.79 Å². The van der Waals surface area contributed by atoms with Gasteiger partial charge in [0.2, 0.25) is 5.91 Å². The van der Waals surface area contributed by atoms with Crippen molar-refractivity contribution in [2.24, 2.45) is 0 Å². The van der Waals surface area contributed by atoms with Crippen LogP contribution in [-0.2, 0) is 11.3 Å². The van der Waals surface area contributed by atoms with Crippen molar-refractivity contribution in [1.29, 1.82) is 0 Å². The van der Waals surface area contributed by atoms with Crippen LogP contribution in [0.15, 0.2) is 46.6 Å². The molecule has 0 aliphatic carbocycles. The summed E-state index contributed by atoms with van der Waals surface area (Å²) in [5.41, 5.74) is 0. The number of hydrogen-bond donors (Lipinski definition) is 1. The van der Waals surface area contributed by atoms with Crippen LogP contribution in [0.3, 0.4) is 0 Å². The number of carbonyl (C=O) groups excluding carboxylic acids is 1. The molecule has 1 atom stereocenters. The number of aromatic nitrogens is 5. The van der Waals surface area contributed by atoms with Gasteiger partial charge in [-0.3, -0.25) is 4.79 Å². The van der Waals surface area contributed by atoms with Crippen molar-refractivity contribution >= 4 is 23.5 Å². The first-order valence-corrected chi connectivity index (χ1v) is 8.83. The lowest BCUT2D eigenvalue weighted by Crippen LogP contribution is -2.25. The van der Waals surface area contributed by atoms with E-state index in [0.29, 0.717) is 17.5 Å². The highest BCUT2D eigenvalue weighted by Gasteiger charge is 2.20. The van der Waals surface area contributed by atoms with Gasteiger partial charge >= 0.3 is 0 Å². The van der Waals surface area contributed by atoms with Crippen molar-refractivity contribution in [3.8, 4) is 0 Å². The van der Waals surface area contributed by atoms with E-state index in [1.807, 2.05) is 37.5 Å². The van der Waals surface area contributed by atoms with E-state index < -0.39 is 0 Å². The van der Waals surface area contributed by atoms with Gasteiger partial charge in [0.1, 0.15) is 17.9 Å². The Kier molecular flexibility index (Phi) is 5.22. The van der Waals surface area contributed by atoms with Crippen molar-refractivity contribution in [2.45, 2.75) is 43.8 Å². The fourth-order valence-corrected chi connectivity index (χ4v) is 3.10. The van der Waals surface area contributed by atoms with Crippen molar-refractivity contribution in [1.82, 2.24) is 24.5 Å². The smallest absolute Gasteiger partial charge is 0.238 e. The molecule has 0 aliphatic heterocycles. The number of amides is 1. The lowest BCUT2D eigenvalue weighted by Gasteiger charge is -2.14. The summed E-state index contributed by atoms with van der Waals surface area (Å²) in [6.45, 7) is 6.38. The predicted molar refractivity (Wildman–Crippen MR) is 94.4 cm³/mol. The van der Waals surface area contributed by atoms with E-state index in [2.05, 4.69) is 20.6 Å². The summed E-state index contributed by atoms with van der Waals surface area (Å²) in [5, 5.41) is 15.5. The number of nitrogens with one attached hydrogen (secondary N) is 1. The van der Waals surface area contributed by atoms with E-state index in [-0.39, 0.29) is 17.2 Å². The van der Waals surface area contributed by atoms with Gasteiger partial charge in [-0.15, -0.1) is 10.2 Å². The van der Waals surface area contributed by atoms with Crippen molar-refractivity contribution in [3.05, 3.63) is 42.7 Å². The third-order valence-electron chi connectivity index (χ3n) is 3.55. The number of nitrogens with zero attached hydrogens (tertiary/aromatic N) is 5. The fourth-order valence-electron chi connectivity index (χ4n) is 2.28. The first kappa shape index (κ1) is 17.3. The molecule has 0 saturated carbocycles. The Hall–Kier alpha value is -2.55. The average molecular weight is 360 g/mol. The highest BCUT2D eigenvalue weighted by atomic mass is 32.2. The Labute approximate surface area is 149 Å². The zero-order chi connectivity index (χ0) is 17.8. The van der Waals surface area contributed by atoms with E-state index >= 15 is 0 Å². The first-order valence-electron chi connectivity index (χ1n) is 7.96. The molecule has 0 bridgehead atoms. The minimum absolute atomic E-state index is 0.111. The monoisotopic (exact) mass is 360 g/mol. The van der Waals surface area contributed by atoms with Gasteiger partial charge in [0, 0.05) is 12.1 Å². The third-order valence-corrected chi connectivity index (χ3v) is 4.64. The van der Waals surface area contributed by atoms with Gasteiger partial charge in [0.05, 0.1) is 24.3 Å². The summed E-state index contributed by atoms with van der Waals surface area (Å²) in [4.78, 5) is 12.5. The molecule has 0 aromatic carbocycles. The van der Waals surface area contributed by atoms with Gasteiger partial charge in [0.15, 0.2) is 5.16 Å². The largest absolute Gasteiger partial charge is 0.467 e. The molecule has 1 N–H and O–H groups in total. The standard InChI is InChI=1S/C16H20N6O2S/c1-11(2)22-14(6-7-18-22)19-15(23)12(3)25-16-20-17-10-21(16)9-13-5-4-8-24-13/h4-8,10-12H,9H2,1-3H3,(H,19,23). The number of rotatable bonds is 7. The Balaban J connectivity index is 1.64. The molecule has 8 nitrogen and oxygen atoms in total. The molecule has 3 heterocycles. The second kappa shape index (κ2) is 7.56. The highest BCUT2D eigenvalue weighted by Crippen LogP contribution is 2.23. The van der Waals surface area contributed by atoms with E-state index in [1.54, 1.807) is 29.5 Å². The molecule has 0 aliphatic rings. The molecule has 0 fully saturated rings. The summed E-state index contributed by atoms with van der Waals surface area (Å²) < 4.78 is 8.97. The molecule has 3 rings (SSSR count). The Morgan fingerprint density at radius 2 is 2.20 bits per heavy atom. The van der Waals surface area contributed by atoms with E-state index in [1.165, 1.54) is 11.8 Å². The maximum Gasteiger partial charge on any atom is 0.238 e. The zero-order valence-corrected chi connectivity index (χ0v) is 15.1. The van der Waals surface area contributed by atoms with Gasteiger partial charge in [0.25, 0.3) is 0 Å². The van der Waals surface area contributed by atoms with Gasteiger partial charge in [-0.1, -0.05) is 11.8 Å². The van der Waals surface area contributed by atoms with Crippen LogP contribution in [0.1, 0.15) is 32.6 Å². The molecule has 3 aromatic rings. The number of furan rings is 1. The second-order valence-corrected chi connectivity index (χ2v) is 7.13. The summed E-state index contributed by atoms with van der Waals surface area (Å²) in [6, 6.07) is 5.68. The fraction of sp³-hybridized carbons (Fsp3) is 0.375. The number of thioether (sulfide) groups is 1. The number of carbonyl (C=O) groups is 1. The van der Waals surface area contributed by atoms with Crippen LogP contribution in [0.2, 0.25) is 0 Å². The lowest BCUT2D eigenvalue weighted by molar-refractivity contribution is -0.115. The van der Waals surface area contributed by atoms with Gasteiger partial charge in [-0.05, 0) is 32.9 Å². The molecule has 0 saturated heterocycles. The average Bonchev–Trinajstić information content (AvgIpc) is 3.30. The van der Waals surface area contributed by atoms with Crippen LogP contribution in [-0.4, -0.2) is 35.7 Å². The van der Waals surface area contributed by atoms with E-state index in [0.717, 1.165) is 5.76 Å². The van der Waals surface area contributed by atoms with Crippen LogP contribution in [0.5, 0.6) is 0 Å². The topological polar surface area (TPSA) is 90.8 Å². The van der Waals surface area contributed by atoms with Crippen LogP contribution < -0.4 is 5.32 Å². The molecule has 0 radical (unpaired) electrons. The summed E-state index contributed by atoms with van der Waals surface area (Å²) in [7, 11) is 0. The molecular formula is C16H20N6O2S. The maximum absolute atomic E-state index is 12.5. The normalized spacial score (nSPS) is 12.5. The van der Waals surface area contributed by atoms with Crippen LogP contribution in [0.25, 0.3) is 0 Å². The summed E-state index contributed by atoms with van der Waals surface area (Å²) >= 11 is 1.35. The van der Waals surface area contributed by atoms with E-state index in [4.69, 9.17) is 4.42 Å². The van der Waals surface area contributed by atoms with Crippen LogP contribution >= 0.6 is 11.8 Å². The SMILES string of the molecule is CC(Sc1nncn1Cc1ccco1)C(=O)Nc1ccnn1C(C)C. The van der Waals surface area contributed by atoms with Gasteiger partial charge < -0.3 is 14.3 Å². The molecule has 25 heavy (non-hydrogen) atoms. The summed E-state index contributed by atoms with van der Waals surface area (Å²) in [6.07, 6.45) is 4.93. The Bertz CT molecular complexity index is 823. The molecule has 3 aromatic heterocycles. The minimum Gasteiger partial charge on any atom is -0.467 e. The van der Waals surface area contributed by atoms with Gasteiger partial charge in [-0.2, -0.15) is 5.10 Å². The minimum atomic E-state index is -0.338. The Morgan fingerprint density at radius 3 is 2.92 bits per heavy atom. The number of anilines is 1. The van der Waals surface area contributed by atoms with Gasteiger partial charge in [-0.25, -0.2) is 4.68 Å². The van der Waals surface area contributed by atoms with Crippen LogP contribution in [0, 0.1) is 0 Å². The number of hydrogen-bond acceptors (Lipinski definition) is 6. The van der Waals surface area contributed by atoms with Crippen LogP contribution in [0.4, 0.5) is 5.82 Å². The molecule has 132 valence electrons. The molecule has 0 spiro atoms. The molecule has 1 amide bonds. The summed E-state index contributed by atoms with van der Waals surface area (Å²) in [5.74, 6) is 1.38. The predicted octanol–water partition coefficient (Wildman–Crippen LogP) is 2.82. The molecule has 9 heteroatoms. The van der Waals surface area contributed by atoms with Crippen molar-refractivity contribution in [3.63, 3.8) is 0 Å². The molecule has 1 unspecified atom stereocenters. The first-order chi connectivity index (χ1) is 12.0. The Morgan fingerprint density at radius 1 is 1.36 bits per heavy atom. The van der Waals surface area contributed by atoms with Crippen molar-refractivity contribution in [2.75, 3.05) is 5.32 Å². The maximum atomic E-state index is 12.5. The lowest BCUT2D eigenvalue weighted by atomic mass is 10.4. The zero-order valence-electron chi connectivity index (χ0n) is 14.3. The third kappa shape index (κ3) is 4.11.